The minimum absolute atomic E-state index is 0.178. The Morgan fingerprint density at radius 1 is 1.24 bits per heavy atom. The van der Waals surface area contributed by atoms with Crippen molar-refractivity contribution in [2.75, 3.05) is 4.95 Å². The van der Waals surface area contributed by atoms with Gasteiger partial charge in [0.15, 0.2) is 14.1 Å². The maximum absolute atomic E-state index is 11.2. The fourth-order valence-electron chi connectivity index (χ4n) is 2.57. The number of carbonyl (C=O) groups excluding carboxylic acids is 1. The Bertz CT molecular complexity index is 437. The third-order valence-corrected chi connectivity index (χ3v) is 8.99. The largest absolute Gasteiger partial charge is 0.455 e. The molecule has 1 heterocycles. The summed E-state index contributed by atoms with van der Waals surface area (Å²) in [5.74, 6) is -1.03. The van der Waals surface area contributed by atoms with Gasteiger partial charge < -0.3 is 18.6 Å². The molecule has 0 bridgehead atoms. The molecule has 1 aliphatic carbocycles. The molecule has 2 rings (SSSR count). The van der Waals surface area contributed by atoms with Gasteiger partial charge in [-0.1, -0.05) is 22.0 Å². The Labute approximate surface area is 135 Å². The molecule has 21 heavy (non-hydrogen) atoms. The number of ether oxygens (including phenoxy) is 3. The lowest BCUT2D eigenvalue weighted by Crippen LogP contribution is -2.50. The molecular formula is C14H23BrO5Si. The second-order valence-corrected chi connectivity index (χ2v) is 12.2. The van der Waals surface area contributed by atoms with E-state index in [4.69, 9.17) is 18.6 Å². The molecule has 1 aliphatic heterocycles. The van der Waals surface area contributed by atoms with E-state index in [-0.39, 0.29) is 24.3 Å². The Morgan fingerprint density at radius 2 is 1.76 bits per heavy atom. The van der Waals surface area contributed by atoms with Crippen molar-refractivity contribution in [2.24, 2.45) is 0 Å². The van der Waals surface area contributed by atoms with Crippen molar-refractivity contribution in [2.45, 2.75) is 64.1 Å². The van der Waals surface area contributed by atoms with Gasteiger partial charge in [0.05, 0.1) is 6.10 Å². The van der Waals surface area contributed by atoms with E-state index in [1.807, 2.05) is 26.0 Å². The van der Waals surface area contributed by atoms with Crippen molar-refractivity contribution >= 4 is 30.2 Å². The molecule has 120 valence electrons. The smallest absolute Gasteiger partial charge is 0.303 e. The van der Waals surface area contributed by atoms with Crippen molar-refractivity contribution in [1.82, 2.24) is 0 Å². The average molecular weight is 379 g/mol. The molecule has 7 heteroatoms. The fourth-order valence-corrected chi connectivity index (χ4v) is 3.98. The zero-order valence-electron chi connectivity index (χ0n) is 13.1. The summed E-state index contributed by atoms with van der Waals surface area (Å²) in [4.78, 5) is 12.1. The monoisotopic (exact) mass is 378 g/mol. The molecule has 0 aromatic carbocycles. The van der Waals surface area contributed by atoms with Crippen LogP contribution in [0.3, 0.4) is 0 Å². The average Bonchev–Trinajstić information content (AvgIpc) is 2.68. The predicted molar refractivity (Wildman–Crippen MR) is 84.7 cm³/mol. The molecule has 4 atom stereocenters. The summed E-state index contributed by atoms with van der Waals surface area (Å²) in [6.07, 6.45) is 2.57. The summed E-state index contributed by atoms with van der Waals surface area (Å²) >= 11 is 3.51. The van der Waals surface area contributed by atoms with Crippen LogP contribution >= 0.6 is 15.9 Å². The van der Waals surface area contributed by atoms with Crippen molar-refractivity contribution < 1.29 is 23.4 Å². The zero-order chi connectivity index (χ0) is 15.8. The summed E-state index contributed by atoms with van der Waals surface area (Å²) < 4.78 is 23.5. The van der Waals surface area contributed by atoms with Gasteiger partial charge in [-0.05, 0) is 33.0 Å². The highest BCUT2D eigenvalue weighted by molar-refractivity contribution is 9.09. The standard InChI is InChI=1S/C14H23BrO5Si/c1-9(16)17-10-6-7-11(20-21(4,5)8-15)13-12(10)18-14(2,3)19-13/h6-7,10-13H,8H2,1-5H3/t10-,11-,12-,13-/m1/s1. The number of hydrogen-bond donors (Lipinski definition) is 0. The number of esters is 1. The first-order chi connectivity index (χ1) is 9.63. The highest BCUT2D eigenvalue weighted by atomic mass is 79.9. The molecule has 0 saturated carbocycles. The topological polar surface area (TPSA) is 54.0 Å². The van der Waals surface area contributed by atoms with E-state index in [0.29, 0.717) is 0 Å². The van der Waals surface area contributed by atoms with Gasteiger partial charge >= 0.3 is 5.97 Å². The molecule has 2 aliphatic rings. The highest BCUT2D eigenvalue weighted by Crippen LogP contribution is 2.37. The Hall–Kier alpha value is -0.213. The normalized spacial score (nSPS) is 34.6. The Kier molecular flexibility index (Phi) is 4.99. The van der Waals surface area contributed by atoms with E-state index in [0.717, 1.165) is 4.95 Å². The van der Waals surface area contributed by atoms with Gasteiger partial charge in [-0.25, -0.2) is 0 Å². The van der Waals surface area contributed by atoms with Crippen LogP contribution in [0.5, 0.6) is 0 Å². The van der Waals surface area contributed by atoms with Crippen LogP contribution < -0.4 is 0 Å². The first kappa shape index (κ1) is 17.1. The van der Waals surface area contributed by atoms with Gasteiger partial charge in [0.1, 0.15) is 18.3 Å². The Balaban J connectivity index is 2.19. The van der Waals surface area contributed by atoms with E-state index in [1.54, 1.807) is 0 Å². The minimum atomic E-state index is -1.80. The molecule has 0 spiro atoms. The van der Waals surface area contributed by atoms with Gasteiger partial charge in [-0.2, -0.15) is 0 Å². The third-order valence-electron chi connectivity index (χ3n) is 3.38. The molecule has 0 unspecified atom stereocenters. The first-order valence-electron chi connectivity index (χ1n) is 7.08. The maximum Gasteiger partial charge on any atom is 0.303 e. The molecule has 0 aromatic heterocycles. The van der Waals surface area contributed by atoms with Crippen molar-refractivity contribution in [3.8, 4) is 0 Å². The minimum Gasteiger partial charge on any atom is -0.455 e. The molecule has 0 N–H and O–H groups in total. The number of alkyl halides is 1. The van der Waals surface area contributed by atoms with Gasteiger partial charge in [0.2, 0.25) is 0 Å². The molecular weight excluding hydrogens is 356 g/mol. The van der Waals surface area contributed by atoms with Crippen LogP contribution in [0.25, 0.3) is 0 Å². The summed E-state index contributed by atoms with van der Waals surface area (Å²) in [5, 5.41) is 0. The van der Waals surface area contributed by atoms with Gasteiger partial charge in [0, 0.05) is 11.9 Å². The summed E-state index contributed by atoms with van der Waals surface area (Å²) in [6, 6.07) is 0. The van der Waals surface area contributed by atoms with Crippen LogP contribution in [0.2, 0.25) is 13.1 Å². The highest BCUT2D eigenvalue weighted by Gasteiger charge is 2.51. The molecule has 1 saturated heterocycles. The van der Waals surface area contributed by atoms with Crippen molar-refractivity contribution in [3.63, 3.8) is 0 Å². The molecule has 0 radical (unpaired) electrons. The second kappa shape index (κ2) is 6.12. The fraction of sp³-hybridized carbons (Fsp3) is 0.786. The van der Waals surface area contributed by atoms with Crippen molar-refractivity contribution in [3.05, 3.63) is 12.2 Å². The quantitative estimate of drug-likeness (QED) is 0.325. The number of carbonyl (C=O) groups is 1. The van der Waals surface area contributed by atoms with Crippen LogP contribution in [0, 0.1) is 0 Å². The van der Waals surface area contributed by atoms with Gasteiger partial charge in [0.25, 0.3) is 0 Å². The summed E-state index contributed by atoms with van der Waals surface area (Å²) in [6.45, 7) is 9.40. The number of hydrogen-bond acceptors (Lipinski definition) is 5. The predicted octanol–water partition coefficient (Wildman–Crippen LogP) is 2.53. The van der Waals surface area contributed by atoms with E-state index >= 15 is 0 Å². The molecule has 0 amide bonds. The van der Waals surface area contributed by atoms with Crippen molar-refractivity contribution in [1.29, 1.82) is 0 Å². The van der Waals surface area contributed by atoms with Crippen LogP contribution in [0.4, 0.5) is 0 Å². The van der Waals surface area contributed by atoms with Crippen LogP contribution in [-0.4, -0.2) is 49.4 Å². The summed E-state index contributed by atoms with van der Waals surface area (Å²) in [5.41, 5.74) is 0. The Morgan fingerprint density at radius 3 is 2.29 bits per heavy atom. The number of fused-ring (bicyclic) bond motifs is 1. The molecule has 5 nitrogen and oxygen atoms in total. The maximum atomic E-state index is 11.2. The number of halogens is 1. The lowest BCUT2D eigenvalue weighted by Gasteiger charge is -2.35. The third kappa shape index (κ3) is 4.16. The summed E-state index contributed by atoms with van der Waals surface area (Å²) in [7, 11) is -1.80. The van der Waals surface area contributed by atoms with Gasteiger partial charge in [-0.15, -0.1) is 0 Å². The van der Waals surface area contributed by atoms with Gasteiger partial charge in [-0.3, -0.25) is 4.79 Å². The SMILES string of the molecule is CC(=O)O[C@@H]1C=C[C@@H](O[Si](C)(C)CBr)[C@H]2OC(C)(C)O[C@@H]21. The van der Waals surface area contributed by atoms with E-state index < -0.39 is 20.2 Å². The lowest BCUT2D eigenvalue weighted by molar-refractivity contribution is -0.165. The van der Waals surface area contributed by atoms with E-state index in [9.17, 15) is 4.79 Å². The zero-order valence-corrected chi connectivity index (χ0v) is 15.7. The lowest BCUT2D eigenvalue weighted by atomic mass is 9.96. The first-order valence-corrected chi connectivity index (χ1v) is 11.3. The van der Waals surface area contributed by atoms with E-state index in [2.05, 4.69) is 29.0 Å². The molecule has 1 fully saturated rings. The number of rotatable bonds is 4. The van der Waals surface area contributed by atoms with Crippen LogP contribution in [0.1, 0.15) is 20.8 Å². The van der Waals surface area contributed by atoms with Crippen LogP contribution in [0.15, 0.2) is 12.2 Å². The van der Waals surface area contributed by atoms with E-state index in [1.165, 1.54) is 6.92 Å². The van der Waals surface area contributed by atoms with Crippen LogP contribution in [-0.2, 0) is 23.4 Å². The molecule has 0 aromatic rings. The second-order valence-electron chi connectivity index (χ2n) is 6.50.